The summed E-state index contributed by atoms with van der Waals surface area (Å²) in [7, 11) is 0. The van der Waals surface area contributed by atoms with E-state index >= 15 is 0 Å². The molecule has 42 heavy (non-hydrogen) atoms. The van der Waals surface area contributed by atoms with Crippen molar-refractivity contribution in [3.63, 3.8) is 0 Å². The third-order valence-corrected chi connectivity index (χ3v) is 9.32. The van der Waals surface area contributed by atoms with Gasteiger partial charge in [0, 0.05) is 32.5 Å². The van der Waals surface area contributed by atoms with Crippen LogP contribution < -0.4 is 9.80 Å². The highest BCUT2D eigenvalue weighted by Crippen LogP contribution is 2.41. The van der Waals surface area contributed by atoms with Gasteiger partial charge in [-0.25, -0.2) is 0 Å². The molecule has 208 valence electrons. The van der Waals surface area contributed by atoms with Crippen LogP contribution in [0.25, 0.3) is 12.2 Å². The zero-order valence-electron chi connectivity index (χ0n) is 24.4. The van der Waals surface area contributed by atoms with Crippen LogP contribution >= 0.6 is 22.7 Å². The third-order valence-electron chi connectivity index (χ3n) is 7.25. The zero-order chi connectivity index (χ0) is 29.1. The van der Waals surface area contributed by atoms with Crippen molar-refractivity contribution in [2.75, 3.05) is 9.80 Å². The molecular weight excluding hydrogens is 549 g/mol. The van der Waals surface area contributed by atoms with Gasteiger partial charge in [0.15, 0.2) is 0 Å². The van der Waals surface area contributed by atoms with Gasteiger partial charge in [0.05, 0.1) is 0 Å². The summed E-state index contributed by atoms with van der Waals surface area (Å²) in [6.45, 7) is 8.52. The first kappa shape index (κ1) is 27.8. The lowest BCUT2D eigenvalue weighted by Crippen LogP contribution is -2.08. The third kappa shape index (κ3) is 6.25. The molecule has 0 saturated heterocycles. The summed E-state index contributed by atoms with van der Waals surface area (Å²) < 4.78 is 0. The van der Waals surface area contributed by atoms with Gasteiger partial charge < -0.3 is 9.80 Å². The molecule has 0 aliphatic rings. The van der Waals surface area contributed by atoms with E-state index in [9.17, 15) is 0 Å². The minimum atomic E-state index is 1.16. The van der Waals surface area contributed by atoms with E-state index in [1.165, 1.54) is 42.0 Å². The molecule has 0 aliphatic heterocycles. The van der Waals surface area contributed by atoms with E-state index in [2.05, 4.69) is 171 Å². The van der Waals surface area contributed by atoms with Gasteiger partial charge in [-0.15, -0.1) is 22.7 Å². The number of rotatable bonds is 8. The number of aryl methyl sites for hydroxylation is 4. The molecule has 0 fully saturated rings. The first-order chi connectivity index (χ1) is 20.4. The van der Waals surface area contributed by atoms with Crippen molar-refractivity contribution in [1.82, 2.24) is 0 Å². The Balaban J connectivity index is 1.28. The van der Waals surface area contributed by atoms with Crippen molar-refractivity contribution < 1.29 is 0 Å². The molecule has 2 aromatic heterocycles. The van der Waals surface area contributed by atoms with E-state index in [1.807, 2.05) is 0 Å². The number of thiophene rings is 2. The van der Waals surface area contributed by atoms with Crippen molar-refractivity contribution in [2.24, 2.45) is 0 Å². The fourth-order valence-electron chi connectivity index (χ4n) is 4.85. The predicted molar refractivity (Wildman–Crippen MR) is 186 cm³/mol. The molecule has 0 atom stereocenters. The monoisotopic (exact) mass is 582 g/mol. The highest BCUT2D eigenvalue weighted by Gasteiger charge is 2.16. The SMILES string of the molecule is Cc1ccc(N(c2ccc(C)cc2)c2ccc(/C=C/c3ccc(N(c4ccc(C)cc4)c4ccc(C)cc4)s3)s2)cc1. The van der Waals surface area contributed by atoms with Gasteiger partial charge in [-0.1, -0.05) is 70.8 Å². The summed E-state index contributed by atoms with van der Waals surface area (Å²) >= 11 is 3.60. The Bertz CT molecular complexity index is 1560. The van der Waals surface area contributed by atoms with Crippen LogP contribution in [0.5, 0.6) is 0 Å². The number of hydrogen-bond donors (Lipinski definition) is 0. The number of nitrogens with zero attached hydrogens (tertiary/aromatic N) is 2. The van der Waals surface area contributed by atoms with E-state index < -0.39 is 0 Å². The summed E-state index contributed by atoms with van der Waals surface area (Å²) in [4.78, 5) is 7.12. The molecule has 0 radical (unpaired) electrons. The van der Waals surface area contributed by atoms with Gasteiger partial charge in [-0.05, 0) is 113 Å². The minimum absolute atomic E-state index is 1.16. The fourth-order valence-corrected chi connectivity index (χ4v) is 6.75. The van der Waals surface area contributed by atoms with Crippen LogP contribution in [-0.2, 0) is 0 Å². The molecule has 2 nitrogen and oxygen atoms in total. The summed E-state index contributed by atoms with van der Waals surface area (Å²) in [5, 5.41) is 2.39. The highest BCUT2D eigenvalue weighted by molar-refractivity contribution is 7.18. The highest BCUT2D eigenvalue weighted by atomic mass is 32.1. The molecular formula is C38H34N2S2. The Morgan fingerprint density at radius 3 is 0.881 bits per heavy atom. The molecule has 0 amide bonds. The second kappa shape index (κ2) is 12.2. The molecule has 0 bridgehead atoms. The quantitative estimate of drug-likeness (QED) is 0.176. The summed E-state index contributed by atoms with van der Waals surface area (Å²) in [5.74, 6) is 0. The van der Waals surface area contributed by atoms with E-state index in [0.29, 0.717) is 0 Å². The normalized spacial score (nSPS) is 11.2. The zero-order valence-corrected chi connectivity index (χ0v) is 26.0. The molecule has 0 unspecified atom stereocenters. The molecule has 0 aliphatic carbocycles. The molecule has 6 aromatic rings. The van der Waals surface area contributed by atoms with Crippen LogP contribution in [0, 0.1) is 27.7 Å². The maximum Gasteiger partial charge on any atom is 0.100 e. The maximum atomic E-state index is 2.34. The lowest BCUT2D eigenvalue weighted by atomic mass is 10.1. The molecule has 4 heteroatoms. The molecule has 0 spiro atoms. The Morgan fingerprint density at radius 1 is 0.357 bits per heavy atom. The first-order valence-corrected chi connectivity index (χ1v) is 15.8. The van der Waals surface area contributed by atoms with Gasteiger partial charge >= 0.3 is 0 Å². The smallest absolute Gasteiger partial charge is 0.100 e. The Hall–Kier alpha value is -4.38. The van der Waals surface area contributed by atoms with E-state index in [4.69, 9.17) is 0 Å². The molecule has 2 heterocycles. The standard InChI is InChI=1S/C38H34N2S2/c1-27-5-13-31(14-6-27)39(32-15-7-28(2)8-16-32)37-25-23-35(41-37)21-22-36-24-26-38(42-36)40(33-17-9-29(3)10-18-33)34-19-11-30(4)12-20-34/h5-26H,1-4H3/b22-21+. The minimum Gasteiger partial charge on any atom is -0.302 e. The van der Waals surface area contributed by atoms with Crippen LogP contribution in [-0.4, -0.2) is 0 Å². The summed E-state index contributed by atoms with van der Waals surface area (Å²) in [6.07, 6.45) is 4.46. The Labute approximate surface area is 257 Å². The van der Waals surface area contributed by atoms with Gasteiger partial charge in [-0.3, -0.25) is 0 Å². The van der Waals surface area contributed by atoms with Gasteiger partial charge in [0.2, 0.25) is 0 Å². The van der Waals surface area contributed by atoms with Crippen molar-refractivity contribution in [1.29, 1.82) is 0 Å². The van der Waals surface area contributed by atoms with Gasteiger partial charge in [0.25, 0.3) is 0 Å². The van der Waals surface area contributed by atoms with Crippen LogP contribution in [0.1, 0.15) is 32.0 Å². The average Bonchev–Trinajstić information content (AvgIpc) is 3.66. The average molecular weight is 583 g/mol. The molecule has 0 saturated carbocycles. The van der Waals surface area contributed by atoms with Crippen molar-refractivity contribution in [3.8, 4) is 0 Å². The van der Waals surface area contributed by atoms with E-state index in [-0.39, 0.29) is 0 Å². The van der Waals surface area contributed by atoms with Crippen molar-refractivity contribution in [3.05, 3.63) is 153 Å². The van der Waals surface area contributed by atoms with Crippen LogP contribution in [0.15, 0.2) is 121 Å². The second-order valence-electron chi connectivity index (χ2n) is 10.7. The predicted octanol–water partition coefficient (Wildman–Crippen LogP) is 12.2. The molecule has 0 N–H and O–H groups in total. The lowest BCUT2D eigenvalue weighted by Gasteiger charge is -2.24. The summed E-state index contributed by atoms with van der Waals surface area (Å²) in [6, 6.07) is 43.9. The largest absolute Gasteiger partial charge is 0.302 e. The van der Waals surface area contributed by atoms with Crippen molar-refractivity contribution in [2.45, 2.75) is 27.7 Å². The number of anilines is 6. The first-order valence-electron chi connectivity index (χ1n) is 14.2. The molecule has 4 aromatic carbocycles. The van der Waals surface area contributed by atoms with E-state index in [1.54, 1.807) is 22.7 Å². The van der Waals surface area contributed by atoms with Gasteiger partial charge in [0.1, 0.15) is 10.0 Å². The summed E-state index contributed by atoms with van der Waals surface area (Å²) in [5.41, 5.74) is 9.70. The topological polar surface area (TPSA) is 6.48 Å². The number of benzene rings is 4. The van der Waals surface area contributed by atoms with Crippen LogP contribution in [0.4, 0.5) is 32.8 Å². The van der Waals surface area contributed by atoms with E-state index in [0.717, 1.165) is 22.7 Å². The molecule has 6 rings (SSSR count). The maximum absolute atomic E-state index is 2.34. The second-order valence-corrected chi connectivity index (χ2v) is 12.9. The Morgan fingerprint density at radius 2 is 0.619 bits per heavy atom. The lowest BCUT2D eigenvalue weighted by molar-refractivity contribution is 1.29. The van der Waals surface area contributed by atoms with Crippen LogP contribution in [0.2, 0.25) is 0 Å². The fraction of sp³-hybridized carbons (Fsp3) is 0.105. The van der Waals surface area contributed by atoms with Crippen LogP contribution in [0.3, 0.4) is 0 Å². The van der Waals surface area contributed by atoms with Gasteiger partial charge in [-0.2, -0.15) is 0 Å². The Kier molecular flexibility index (Phi) is 8.09. The van der Waals surface area contributed by atoms with Crippen molar-refractivity contribution >= 4 is 67.6 Å². The number of hydrogen-bond acceptors (Lipinski definition) is 4.